The van der Waals surface area contributed by atoms with Gasteiger partial charge in [0.2, 0.25) is 0 Å². The zero-order valence-corrected chi connectivity index (χ0v) is 18.8. The largest absolute Gasteiger partial charge is 0.478 e. The normalized spacial score (nSPS) is 10.7. The molecule has 0 aliphatic rings. The molecule has 0 atom stereocenters. The number of ketones is 1. The van der Waals surface area contributed by atoms with Gasteiger partial charge in [-0.05, 0) is 53.9 Å². The number of fused-ring (bicyclic) bond motifs is 1. The van der Waals surface area contributed by atoms with Gasteiger partial charge in [-0.3, -0.25) is 9.59 Å². The van der Waals surface area contributed by atoms with Crippen LogP contribution in [0.1, 0.15) is 31.1 Å². The number of amides is 1. The highest BCUT2D eigenvalue weighted by Gasteiger charge is 2.17. The van der Waals surface area contributed by atoms with Crippen LogP contribution in [-0.4, -0.2) is 28.5 Å². The van der Waals surface area contributed by atoms with Gasteiger partial charge < -0.3 is 10.4 Å². The van der Waals surface area contributed by atoms with Gasteiger partial charge in [-0.25, -0.2) is 4.79 Å². The predicted octanol–water partition coefficient (Wildman–Crippen LogP) is 6.42. The van der Waals surface area contributed by atoms with Crippen molar-refractivity contribution in [1.29, 1.82) is 0 Å². The summed E-state index contributed by atoms with van der Waals surface area (Å²) in [4.78, 5) is 37.8. The monoisotopic (exact) mass is 475 g/mol. The molecule has 4 rings (SSSR count). The Morgan fingerprint density at radius 2 is 1.42 bits per heavy atom. The van der Waals surface area contributed by atoms with Crippen LogP contribution in [-0.2, 0) is 0 Å². The molecule has 4 aromatic carbocycles. The third-order valence-corrected chi connectivity index (χ3v) is 6.38. The van der Waals surface area contributed by atoms with Crippen LogP contribution < -0.4 is 5.32 Å². The molecule has 0 aliphatic heterocycles. The molecule has 0 radical (unpaired) electrons. The number of hydrogen-bond donors (Lipinski definition) is 2. The van der Waals surface area contributed by atoms with E-state index in [2.05, 4.69) is 5.32 Å². The maximum Gasteiger partial charge on any atom is 0.336 e. The van der Waals surface area contributed by atoms with Gasteiger partial charge in [0.15, 0.2) is 5.78 Å². The van der Waals surface area contributed by atoms with Crippen molar-refractivity contribution in [3.63, 3.8) is 0 Å². The van der Waals surface area contributed by atoms with E-state index in [0.29, 0.717) is 27.0 Å². The predicted molar refractivity (Wildman–Crippen MR) is 132 cm³/mol. The minimum atomic E-state index is -1.09. The van der Waals surface area contributed by atoms with Crippen molar-refractivity contribution in [3.8, 4) is 0 Å². The summed E-state index contributed by atoms with van der Waals surface area (Å²) in [5.74, 6) is -1.31. The van der Waals surface area contributed by atoms with Crippen LogP contribution in [0.2, 0.25) is 5.02 Å². The van der Waals surface area contributed by atoms with E-state index in [9.17, 15) is 19.5 Å². The molecular weight excluding hydrogens is 458 g/mol. The first-order valence-electron chi connectivity index (χ1n) is 10.0. The summed E-state index contributed by atoms with van der Waals surface area (Å²) in [7, 11) is 0. The third kappa shape index (κ3) is 5.08. The molecule has 0 aliphatic carbocycles. The van der Waals surface area contributed by atoms with E-state index in [1.807, 2.05) is 12.1 Å². The van der Waals surface area contributed by atoms with E-state index in [0.717, 1.165) is 4.90 Å². The quantitative estimate of drug-likeness (QED) is 0.238. The maximum atomic E-state index is 12.9. The molecule has 1 amide bonds. The van der Waals surface area contributed by atoms with Crippen molar-refractivity contribution in [2.45, 2.75) is 4.90 Å². The number of rotatable bonds is 7. The molecule has 0 aromatic heterocycles. The average Bonchev–Trinajstić information content (AvgIpc) is 2.82. The third-order valence-electron chi connectivity index (χ3n) is 5.04. The number of halogens is 1. The van der Waals surface area contributed by atoms with Crippen LogP contribution in [0.3, 0.4) is 0 Å². The lowest BCUT2D eigenvalue weighted by Crippen LogP contribution is -2.13. The van der Waals surface area contributed by atoms with Crippen LogP contribution >= 0.6 is 23.4 Å². The molecule has 0 heterocycles. The van der Waals surface area contributed by atoms with Crippen molar-refractivity contribution in [1.82, 2.24) is 0 Å². The number of carboxylic acid groups (broad SMARTS) is 1. The first-order chi connectivity index (χ1) is 15.9. The summed E-state index contributed by atoms with van der Waals surface area (Å²) in [6.45, 7) is 0. The number of nitrogens with one attached hydrogen (secondary N) is 1. The number of carbonyl (C=O) groups excluding carboxylic acids is 2. The molecular formula is C26H18ClNO4S. The average molecular weight is 476 g/mol. The second-order valence-electron chi connectivity index (χ2n) is 7.18. The van der Waals surface area contributed by atoms with Gasteiger partial charge >= 0.3 is 5.97 Å². The lowest BCUT2D eigenvalue weighted by atomic mass is 9.98. The number of benzene rings is 4. The van der Waals surface area contributed by atoms with E-state index in [-0.39, 0.29) is 22.7 Å². The second kappa shape index (κ2) is 9.90. The van der Waals surface area contributed by atoms with Crippen LogP contribution in [0.15, 0.2) is 89.8 Å². The van der Waals surface area contributed by atoms with Crippen LogP contribution in [0.5, 0.6) is 0 Å². The van der Waals surface area contributed by atoms with E-state index < -0.39 is 11.9 Å². The van der Waals surface area contributed by atoms with Gasteiger partial charge in [-0.2, -0.15) is 0 Å². The fourth-order valence-corrected chi connectivity index (χ4v) is 4.48. The molecule has 2 N–H and O–H groups in total. The van der Waals surface area contributed by atoms with Crippen LogP contribution in [0, 0.1) is 0 Å². The summed E-state index contributed by atoms with van der Waals surface area (Å²) in [6.07, 6.45) is 0. The molecule has 164 valence electrons. The van der Waals surface area contributed by atoms with Crippen molar-refractivity contribution in [3.05, 3.63) is 107 Å². The van der Waals surface area contributed by atoms with Gasteiger partial charge in [0.1, 0.15) is 0 Å². The zero-order valence-electron chi connectivity index (χ0n) is 17.2. The standard InChI is InChI=1S/C26H18ClNO4S/c27-22-10-2-1-7-19(22)23(29)15-33-18-13-11-17(12-14-18)28-25(30)20-8-3-5-16-6-4-9-21(24(16)20)26(31)32/h1-14H,15H2,(H,28,30)(H,31,32). The topological polar surface area (TPSA) is 83.5 Å². The van der Waals surface area contributed by atoms with E-state index in [1.54, 1.807) is 66.7 Å². The first kappa shape index (κ1) is 22.6. The van der Waals surface area contributed by atoms with Gasteiger partial charge in [0, 0.05) is 27.1 Å². The number of Topliss-reactive ketones (excluding diaryl/α,β-unsaturated/α-hetero) is 1. The van der Waals surface area contributed by atoms with Gasteiger partial charge in [0.25, 0.3) is 5.91 Å². The molecule has 0 spiro atoms. The highest BCUT2D eigenvalue weighted by Crippen LogP contribution is 2.26. The Morgan fingerprint density at radius 1 is 0.788 bits per heavy atom. The molecule has 0 saturated heterocycles. The molecule has 0 fully saturated rings. The number of anilines is 1. The Kier molecular flexibility index (Phi) is 6.77. The first-order valence-corrected chi connectivity index (χ1v) is 11.4. The smallest absolute Gasteiger partial charge is 0.336 e. The second-order valence-corrected chi connectivity index (χ2v) is 8.64. The minimum absolute atomic E-state index is 0.0619. The summed E-state index contributed by atoms with van der Waals surface area (Å²) < 4.78 is 0. The molecule has 0 saturated carbocycles. The summed E-state index contributed by atoms with van der Waals surface area (Å²) in [6, 6.07) is 24.1. The number of hydrogen-bond acceptors (Lipinski definition) is 4. The van der Waals surface area contributed by atoms with E-state index in [4.69, 9.17) is 11.6 Å². The number of carboxylic acids is 1. The molecule has 7 heteroatoms. The van der Waals surface area contributed by atoms with Crippen molar-refractivity contribution >= 4 is 57.5 Å². The fraction of sp³-hybridized carbons (Fsp3) is 0.0385. The SMILES string of the molecule is O=C(CSc1ccc(NC(=O)c2cccc3cccc(C(=O)O)c23)cc1)c1ccccc1Cl. The molecule has 5 nitrogen and oxygen atoms in total. The Bertz CT molecular complexity index is 1360. The molecule has 4 aromatic rings. The van der Waals surface area contributed by atoms with E-state index >= 15 is 0 Å². The highest BCUT2D eigenvalue weighted by molar-refractivity contribution is 8.00. The van der Waals surface area contributed by atoms with Gasteiger partial charge in [-0.15, -0.1) is 11.8 Å². The Hall–Kier alpha value is -3.61. The fourth-order valence-electron chi connectivity index (χ4n) is 3.46. The number of carbonyl (C=O) groups is 3. The number of aromatic carboxylic acids is 1. The van der Waals surface area contributed by atoms with Crippen molar-refractivity contribution < 1.29 is 19.5 Å². The summed E-state index contributed by atoms with van der Waals surface area (Å²) in [5.41, 5.74) is 1.42. The van der Waals surface area contributed by atoms with Crippen LogP contribution in [0.25, 0.3) is 10.8 Å². The van der Waals surface area contributed by atoms with Gasteiger partial charge in [-0.1, -0.05) is 48.0 Å². The van der Waals surface area contributed by atoms with Crippen molar-refractivity contribution in [2.24, 2.45) is 0 Å². The highest BCUT2D eigenvalue weighted by atomic mass is 35.5. The minimum Gasteiger partial charge on any atom is -0.478 e. The molecule has 0 bridgehead atoms. The Labute approximate surface area is 199 Å². The number of thioether (sulfide) groups is 1. The lowest BCUT2D eigenvalue weighted by Gasteiger charge is -2.11. The molecule has 33 heavy (non-hydrogen) atoms. The summed E-state index contributed by atoms with van der Waals surface area (Å²) in [5, 5.41) is 13.8. The Balaban J connectivity index is 1.47. The van der Waals surface area contributed by atoms with E-state index in [1.165, 1.54) is 17.8 Å². The Morgan fingerprint density at radius 3 is 2.09 bits per heavy atom. The summed E-state index contributed by atoms with van der Waals surface area (Å²) >= 11 is 7.46. The van der Waals surface area contributed by atoms with Crippen LogP contribution in [0.4, 0.5) is 5.69 Å². The van der Waals surface area contributed by atoms with Crippen molar-refractivity contribution in [2.75, 3.05) is 11.1 Å². The lowest BCUT2D eigenvalue weighted by molar-refractivity contribution is 0.0698. The zero-order chi connectivity index (χ0) is 23.4. The van der Waals surface area contributed by atoms with Gasteiger partial charge in [0.05, 0.1) is 16.3 Å². The maximum absolute atomic E-state index is 12.9. The molecule has 0 unspecified atom stereocenters.